The van der Waals surface area contributed by atoms with Gasteiger partial charge >= 0.3 is 0 Å². The van der Waals surface area contributed by atoms with Gasteiger partial charge in [0.05, 0.1) is 0 Å². The smallest absolute Gasteiger partial charge is 0.219 e. The Morgan fingerprint density at radius 2 is 2.33 bits per heavy atom. The Bertz CT molecular complexity index is 120. The second kappa shape index (κ2) is 2.69. The number of hydrogen-bond acceptors (Lipinski definition) is 1. The average Bonchev–Trinajstić information content (AvgIpc) is 1.61. The third-order valence-electron chi connectivity index (χ3n) is 1.62. The molecule has 1 saturated heterocycles. The molecule has 1 rings (SSSR count). The molecule has 0 bridgehead atoms. The van der Waals surface area contributed by atoms with Crippen molar-refractivity contribution in [2.75, 3.05) is 18.4 Å². The van der Waals surface area contributed by atoms with Crippen LogP contribution in [0.3, 0.4) is 0 Å². The lowest BCUT2D eigenvalue weighted by molar-refractivity contribution is -0.134. The van der Waals surface area contributed by atoms with E-state index in [1.807, 2.05) is 4.90 Å². The van der Waals surface area contributed by atoms with E-state index in [-0.39, 0.29) is 5.91 Å². The zero-order valence-electron chi connectivity index (χ0n) is 5.43. The van der Waals surface area contributed by atoms with Gasteiger partial charge in [-0.05, 0) is 0 Å². The van der Waals surface area contributed by atoms with E-state index in [0.717, 1.165) is 18.4 Å². The second-order valence-electron chi connectivity index (χ2n) is 2.44. The first-order valence-corrected chi connectivity index (χ1v) is 4.17. The predicted molar refractivity (Wildman–Crippen MR) is 39.5 cm³/mol. The number of carbonyl (C=O) groups excluding carboxylic acids is 1. The number of carbonyl (C=O) groups is 1. The Hall–Kier alpha value is -0.0500. The molecule has 9 heavy (non-hydrogen) atoms. The van der Waals surface area contributed by atoms with Crippen LogP contribution < -0.4 is 0 Å². The minimum atomic E-state index is 0.201. The number of alkyl halides is 1. The maximum Gasteiger partial charge on any atom is 0.219 e. The summed E-state index contributed by atoms with van der Waals surface area (Å²) in [5.41, 5.74) is 0. The molecule has 0 aromatic carbocycles. The lowest BCUT2D eigenvalue weighted by atomic mass is 10.0. The highest BCUT2D eigenvalue weighted by atomic mass is 79.9. The molecule has 1 fully saturated rings. The van der Waals surface area contributed by atoms with Gasteiger partial charge in [-0.15, -0.1) is 0 Å². The van der Waals surface area contributed by atoms with Crippen LogP contribution in [-0.2, 0) is 4.79 Å². The fraction of sp³-hybridized carbons (Fsp3) is 0.833. The van der Waals surface area contributed by atoms with Crippen molar-refractivity contribution in [1.29, 1.82) is 0 Å². The molecule has 3 heteroatoms. The molecule has 2 nitrogen and oxygen atoms in total. The summed E-state index contributed by atoms with van der Waals surface area (Å²) in [7, 11) is 0. The molecule has 0 unspecified atom stereocenters. The van der Waals surface area contributed by atoms with Crippen LogP contribution in [0.15, 0.2) is 0 Å². The van der Waals surface area contributed by atoms with E-state index in [0.29, 0.717) is 5.92 Å². The summed E-state index contributed by atoms with van der Waals surface area (Å²) in [6.07, 6.45) is 0. The lowest BCUT2D eigenvalue weighted by Crippen LogP contribution is -2.49. The zero-order valence-corrected chi connectivity index (χ0v) is 7.02. The Kier molecular flexibility index (Phi) is 2.11. The highest BCUT2D eigenvalue weighted by Gasteiger charge is 2.26. The van der Waals surface area contributed by atoms with Crippen LogP contribution in [0.1, 0.15) is 6.92 Å². The van der Waals surface area contributed by atoms with Gasteiger partial charge in [-0.2, -0.15) is 0 Å². The third-order valence-corrected chi connectivity index (χ3v) is 2.54. The van der Waals surface area contributed by atoms with E-state index >= 15 is 0 Å². The van der Waals surface area contributed by atoms with Crippen molar-refractivity contribution in [2.24, 2.45) is 5.92 Å². The fourth-order valence-corrected chi connectivity index (χ4v) is 1.33. The standard InChI is InChI=1S/C6H10BrNO/c1-5(9)8-3-6(2-7)4-8/h6H,2-4H2,1H3. The number of likely N-dealkylation sites (tertiary alicyclic amines) is 1. The van der Waals surface area contributed by atoms with Gasteiger partial charge in [0.1, 0.15) is 0 Å². The number of hydrogen-bond donors (Lipinski definition) is 0. The topological polar surface area (TPSA) is 20.3 Å². The summed E-state index contributed by atoms with van der Waals surface area (Å²) in [6, 6.07) is 0. The van der Waals surface area contributed by atoms with E-state index < -0.39 is 0 Å². The summed E-state index contributed by atoms with van der Waals surface area (Å²) in [4.78, 5) is 12.5. The minimum Gasteiger partial charge on any atom is -0.342 e. The van der Waals surface area contributed by atoms with Crippen molar-refractivity contribution in [3.05, 3.63) is 0 Å². The van der Waals surface area contributed by atoms with Crippen molar-refractivity contribution in [3.63, 3.8) is 0 Å². The maximum atomic E-state index is 10.6. The summed E-state index contributed by atoms with van der Waals surface area (Å²) in [5.74, 6) is 0.904. The predicted octanol–water partition coefficient (Wildman–Crippen LogP) is 0.860. The molecule has 0 atom stereocenters. The number of halogens is 1. The van der Waals surface area contributed by atoms with Crippen molar-refractivity contribution < 1.29 is 4.79 Å². The molecular formula is C6H10BrNO. The van der Waals surface area contributed by atoms with E-state index in [1.54, 1.807) is 6.92 Å². The molecule has 0 radical (unpaired) electrons. The Morgan fingerprint density at radius 1 is 1.78 bits per heavy atom. The largest absolute Gasteiger partial charge is 0.342 e. The Labute approximate surface area is 63.3 Å². The van der Waals surface area contributed by atoms with Crippen LogP contribution in [0.25, 0.3) is 0 Å². The van der Waals surface area contributed by atoms with Crippen molar-refractivity contribution in [1.82, 2.24) is 4.90 Å². The highest BCUT2D eigenvalue weighted by molar-refractivity contribution is 9.09. The highest BCUT2D eigenvalue weighted by Crippen LogP contribution is 2.16. The fourth-order valence-electron chi connectivity index (χ4n) is 0.925. The molecule has 0 N–H and O–H groups in total. The van der Waals surface area contributed by atoms with Crippen LogP contribution in [0.4, 0.5) is 0 Å². The van der Waals surface area contributed by atoms with E-state index in [9.17, 15) is 4.79 Å². The molecule has 0 spiro atoms. The SMILES string of the molecule is CC(=O)N1CC(CBr)C1. The Balaban J connectivity index is 2.19. The molecule has 0 aromatic heterocycles. The first-order valence-electron chi connectivity index (χ1n) is 3.05. The van der Waals surface area contributed by atoms with Gasteiger partial charge in [0.2, 0.25) is 5.91 Å². The average molecular weight is 192 g/mol. The van der Waals surface area contributed by atoms with Crippen LogP contribution in [0.2, 0.25) is 0 Å². The van der Waals surface area contributed by atoms with Gasteiger partial charge in [-0.3, -0.25) is 4.79 Å². The summed E-state index contributed by atoms with van der Waals surface area (Å²) in [5, 5.41) is 1.02. The number of rotatable bonds is 1. The third kappa shape index (κ3) is 1.45. The molecule has 0 aliphatic carbocycles. The molecule has 0 aromatic rings. The van der Waals surface area contributed by atoms with Gasteiger partial charge in [0, 0.05) is 31.3 Å². The van der Waals surface area contributed by atoms with Crippen LogP contribution in [-0.4, -0.2) is 29.2 Å². The second-order valence-corrected chi connectivity index (χ2v) is 3.09. The minimum absolute atomic E-state index is 0.201. The van der Waals surface area contributed by atoms with Gasteiger partial charge in [0.25, 0.3) is 0 Å². The zero-order chi connectivity index (χ0) is 6.85. The van der Waals surface area contributed by atoms with Gasteiger partial charge in [-0.1, -0.05) is 15.9 Å². The van der Waals surface area contributed by atoms with Crippen LogP contribution in [0, 0.1) is 5.92 Å². The van der Waals surface area contributed by atoms with Crippen molar-refractivity contribution in [2.45, 2.75) is 6.92 Å². The lowest BCUT2D eigenvalue weighted by Gasteiger charge is -2.37. The molecular weight excluding hydrogens is 182 g/mol. The molecule has 1 heterocycles. The summed E-state index contributed by atoms with van der Waals surface area (Å²) >= 11 is 3.36. The monoisotopic (exact) mass is 191 g/mol. The number of amides is 1. The van der Waals surface area contributed by atoms with Crippen LogP contribution >= 0.6 is 15.9 Å². The Morgan fingerprint density at radius 3 is 2.67 bits per heavy atom. The number of nitrogens with zero attached hydrogens (tertiary/aromatic N) is 1. The first-order chi connectivity index (χ1) is 4.24. The van der Waals surface area contributed by atoms with Crippen LogP contribution in [0.5, 0.6) is 0 Å². The molecule has 52 valence electrons. The molecule has 1 amide bonds. The van der Waals surface area contributed by atoms with Gasteiger partial charge in [-0.25, -0.2) is 0 Å². The van der Waals surface area contributed by atoms with Gasteiger partial charge < -0.3 is 4.90 Å². The maximum absolute atomic E-state index is 10.6. The van der Waals surface area contributed by atoms with Crippen molar-refractivity contribution in [3.8, 4) is 0 Å². The van der Waals surface area contributed by atoms with E-state index in [2.05, 4.69) is 15.9 Å². The van der Waals surface area contributed by atoms with Crippen molar-refractivity contribution >= 4 is 21.8 Å². The first kappa shape index (κ1) is 7.06. The quantitative estimate of drug-likeness (QED) is 0.564. The van der Waals surface area contributed by atoms with E-state index in [4.69, 9.17) is 0 Å². The molecule has 0 saturated carbocycles. The normalized spacial score (nSPS) is 19.6. The molecule has 1 aliphatic heterocycles. The summed E-state index contributed by atoms with van der Waals surface area (Å²) < 4.78 is 0. The van der Waals surface area contributed by atoms with E-state index in [1.165, 1.54) is 0 Å². The summed E-state index contributed by atoms with van der Waals surface area (Å²) in [6.45, 7) is 3.51. The van der Waals surface area contributed by atoms with Gasteiger partial charge in [0.15, 0.2) is 0 Å². The molecule has 1 aliphatic rings.